The molecule has 0 saturated carbocycles. The van der Waals surface area contributed by atoms with Crippen molar-refractivity contribution >= 4 is 11.6 Å². The van der Waals surface area contributed by atoms with Gasteiger partial charge < -0.3 is 29.7 Å². The van der Waals surface area contributed by atoms with Gasteiger partial charge in [0.25, 0.3) is 0 Å². The number of aliphatic imine (C=N–C) groups is 1. The lowest BCUT2D eigenvalue weighted by Crippen LogP contribution is -2.36. The lowest BCUT2D eigenvalue weighted by Gasteiger charge is -2.18. The molecule has 2 aliphatic rings. The summed E-state index contributed by atoms with van der Waals surface area (Å²) in [5.41, 5.74) is 2.76. The van der Waals surface area contributed by atoms with E-state index >= 15 is 0 Å². The highest BCUT2D eigenvalue weighted by molar-refractivity contribution is 5.79. The van der Waals surface area contributed by atoms with Crippen LogP contribution in [0.1, 0.15) is 18.1 Å². The summed E-state index contributed by atoms with van der Waals surface area (Å²) in [6.07, 6.45) is 4.31. The van der Waals surface area contributed by atoms with Gasteiger partial charge in [-0.25, -0.2) is 4.99 Å². The van der Waals surface area contributed by atoms with Crippen molar-refractivity contribution in [3.63, 3.8) is 0 Å². The molecule has 0 radical (unpaired) electrons. The molecule has 0 saturated heterocycles. The molecule has 32 heavy (non-hydrogen) atoms. The van der Waals surface area contributed by atoms with Crippen LogP contribution in [0.2, 0.25) is 0 Å². The molecule has 2 heterocycles. The summed E-state index contributed by atoms with van der Waals surface area (Å²) in [6.45, 7) is 2.27. The summed E-state index contributed by atoms with van der Waals surface area (Å²) in [7, 11) is 0. The molecule has 0 bridgehead atoms. The Morgan fingerprint density at radius 1 is 1.12 bits per heavy atom. The van der Waals surface area contributed by atoms with Crippen molar-refractivity contribution in [3.8, 4) is 17.2 Å². The summed E-state index contributed by atoms with van der Waals surface area (Å²) in [5, 5.41) is 6.36. The van der Waals surface area contributed by atoms with Gasteiger partial charge in [-0.05, 0) is 30.7 Å². The van der Waals surface area contributed by atoms with Crippen LogP contribution in [0.15, 0.2) is 53.5 Å². The number of anilines is 1. The molecule has 2 aromatic rings. The van der Waals surface area contributed by atoms with Crippen molar-refractivity contribution in [1.82, 2.24) is 10.6 Å². The molecule has 0 unspecified atom stereocenters. The molecule has 0 spiro atoms. The molecule has 2 aromatic carbocycles. The smallest absolute Gasteiger partial charge is 0.387 e. The standard InChI is InChI=1S/C23H26F2N4O3/c1-2-26-23(27-13-16-6-5-7-18(10-16)29-8-3-4-9-29)28-14-17-11-20-21(31-15-30-20)12-19(17)32-22(24)25/h3-7,10-12,22H,2,8-9,13-15H2,1H3,(H2,26,27,28). The quantitative estimate of drug-likeness (QED) is 0.368. The Labute approximate surface area is 185 Å². The van der Waals surface area contributed by atoms with E-state index in [9.17, 15) is 8.78 Å². The van der Waals surface area contributed by atoms with E-state index in [0.717, 1.165) is 24.3 Å². The Hall–Kier alpha value is -3.49. The fourth-order valence-electron chi connectivity index (χ4n) is 3.54. The first-order chi connectivity index (χ1) is 15.6. The molecule has 4 rings (SSSR count). The number of alkyl halides is 2. The molecule has 0 amide bonds. The third-order valence-electron chi connectivity index (χ3n) is 5.08. The third-order valence-corrected chi connectivity index (χ3v) is 5.08. The van der Waals surface area contributed by atoms with Crippen LogP contribution in [-0.2, 0) is 13.1 Å². The largest absolute Gasteiger partial charge is 0.454 e. The maximum atomic E-state index is 12.9. The van der Waals surface area contributed by atoms with Crippen LogP contribution < -0.4 is 29.7 Å². The van der Waals surface area contributed by atoms with Gasteiger partial charge in [0.2, 0.25) is 6.79 Å². The predicted molar refractivity (Wildman–Crippen MR) is 119 cm³/mol. The second-order valence-corrected chi connectivity index (χ2v) is 7.29. The second kappa shape index (κ2) is 10.2. The van der Waals surface area contributed by atoms with Gasteiger partial charge in [-0.3, -0.25) is 0 Å². The van der Waals surface area contributed by atoms with Crippen molar-refractivity contribution in [2.24, 2.45) is 4.99 Å². The zero-order chi connectivity index (χ0) is 22.3. The van der Waals surface area contributed by atoms with Crippen molar-refractivity contribution in [1.29, 1.82) is 0 Å². The van der Waals surface area contributed by atoms with E-state index < -0.39 is 6.61 Å². The number of ether oxygens (including phenoxy) is 3. The van der Waals surface area contributed by atoms with E-state index in [1.807, 2.05) is 19.1 Å². The second-order valence-electron chi connectivity index (χ2n) is 7.29. The van der Waals surface area contributed by atoms with Gasteiger partial charge >= 0.3 is 6.61 Å². The van der Waals surface area contributed by atoms with E-state index in [4.69, 9.17) is 9.47 Å². The van der Waals surface area contributed by atoms with E-state index in [0.29, 0.717) is 36.1 Å². The van der Waals surface area contributed by atoms with Crippen LogP contribution in [0.25, 0.3) is 0 Å². The normalized spacial score (nSPS) is 14.9. The molecule has 0 fully saturated rings. The fraction of sp³-hybridized carbons (Fsp3) is 0.348. The number of guanidine groups is 1. The first kappa shape index (κ1) is 21.7. The van der Waals surface area contributed by atoms with E-state index in [2.05, 4.69) is 49.5 Å². The zero-order valence-electron chi connectivity index (χ0n) is 17.8. The molecule has 2 N–H and O–H groups in total. The molecule has 7 nitrogen and oxygen atoms in total. The SMILES string of the molecule is CCNC(=NCc1cccc(N2CC=CC2)c1)NCc1cc2c(cc1OC(F)F)OCO2. The number of nitrogens with one attached hydrogen (secondary N) is 2. The monoisotopic (exact) mass is 444 g/mol. The van der Waals surface area contributed by atoms with Gasteiger partial charge in [-0.1, -0.05) is 24.3 Å². The lowest BCUT2D eigenvalue weighted by molar-refractivity contribution is -0.0505. The Morgan fingerprint density at radius 2 is 1.91 bits per heavy atom. The average Bonchev–Trinajstić information content (AvgIpc) is 3.47. The maximum Gasteiger partial charge on any atom is 0.387 e. The van der Waals surface area contributed by atoms with Crippen molar-refractivity contribution in [2.45, 2.75) is 26.6 Å². The first-order valence-corrected chi connectivity index (χ1v) is 10.5. The summed E-state index contributed by atoms with van der Waals surface area (Å²) >= 11 is 0. The van der Waals surface area contributed by atoms with Crippen molar-refractivity contribution in [3.05, 3.63) is 59.7 Å². The summed E-state index contributed by atoms with van der Waals surface area (Å²) in [5.74, 6) is 1.50. The van der Waals surface area contributed by atoms with Gasteiger partial charge in [0.05, 0.1) is 6.54 Å². The molecule has 0 aromatic heterocycles. The summed E-state index contributed by atoms with van der Waals surface area (Å²) in [4.78, 5) is 6.92. The van der Waals surface area contributed by atoms with Crippen LogP contribution in [0.3, 0.4) is 0 Å². The number of nitrogens with zero attached hydrogens (tertiary/aromatic N) is 2. The number of fused-ring (bicyclic) bond motifs is 1. The van der Waals surface area contributed by atoms with Gasteiger partial charge in [-0.2, -0.15) is 8.78 Å². The molecule has 0 aliphatic carbocycles. The van der Waals surface area contributed by atoms with Gasteiger partial charge in [0, 0.05) is 43.5 Å². The van der Waals surface area contributed by atoms with E-state index in [1.165, 1.54) is 6.07 Å². The number of halogens is 2. The number of hydrogen-bond acceptors (Lipinski definition) is 5. The van der Waals surface area contributed by atoms with E-state index in [1.54, 1.807) is 6.07 Å². The van der Waals surface area contributed by atoms with Crippen LogP contribution in [0.4, 0.5) is 14.5 Å². The minimum absolute atomic E-state index is 0.0412. The predicted octanol–water partition coefficient (Wildman–Crippen LogP) is 3.65. The summed E-state index contributed by atoms with van der Waals surface area (Å²) in [6, 6.07) is 11.4. The zero-order valence-corrected chi connectivity index (χ0v) is 17.8. The number of benzene rings is 2. The highest BCUT2D eigenvalue weighted by atomic mass is 19.3. The third kappa shape index (κ3) is 5.40. The van der Waals surface area contributed by atoms with Crippen LogP contribution in [-0.4, -0.2) is 39.0 Å². The molecule has 9 heteroatoms. The summed E-state index contributed by atoms with van der Waals surface area (Å²) < 4.78 is 41.0. The minimum Gasteiger partial charge on any atom is -0.454 e. The Kier molecular flexibility index (Phi) is 6.94. The van der Waals surface area contributed by atoms with Gasteiger partial charge in [0.1, 0.15) is 5.75 Å². The van der Waals surface area contributed by atoms with Crippen LogP contribution in [0.5, 0.6) is 17.2 Å². The lowest BCUT2D eigenvalue weighted by atomic mass is 10.1. The maximum absolute atomic E-state index is 12.9. The molecular formula is C23H26F2N4O3. The Bertz CT molecular complexity index is 989. The van der Waals surface area contributed by atoms with Crippen molar-refractivity contribution in [2.75, 3.05) is 31.3 Å². The average molecular weight is 444 g/mol. The fourth-order valence-corrected chi connectivity index (χ4v) is 3.54. The van der Waals surface area contributed by atoms with Crippen LogP contribution >= 0.6 is 0 Å². The van der Waals surface area contributed by atoms with Crippen LogP contribution in [0, 0.1) is 0 Å². The Morgan fingerprint density at radius 3 is 2.66 bits per heavy atom. The molecule has 170 valence electrons. The Balaban J connectivity index is 1.45. The molecule has 2 aliphatic heterocycles. The minimum atomic E-state index is -2.94. The highest BCUT2D eigenvalue weighted by Crippen LogP contribution is 2.38. The molecular weight excluding hydrogens is 418 g/mol. The van der Waals surface area contributed by atoms with E-state index in [-0.39, 0.29) is 19.1 Å². The topological polar surface area (TPSA) is 67.4 Å². The van der Waals surface area contributed by atoms with Gasteiger partial charge in [0.15, 0.2) is 17.5 Å². The molecule has 0 atom stereocenters. The highest BCUT2D eigenvalue weighted by Gasteiger charge is 2.20. The number of hydrogen-bond donors (Lipinski definition) is 2. The first-order valence-electron chi connectivity index (χ1n) is 10.5. The van der Waals surface area contributed by atoms with Crippen molar-refractivity contribution < 1.29 is 23.0 Å². The number of rotatable bonds is 8. The van der Waals surface area contributed by atoms with Gasteiger partial charge in [-0.15, -0.1) is 0 Å².